The van der Waals surface area contributed by atoms with Gasteiger partial charge in [-0.1, -0.05) is 17.5 Å². The lowest BCUT2D eigenvalue weighted by Gasteiger charge is -2.24. The molecule has 0 fully saturated rings. The van der Waals surface area contributed by atoms with Crippen LogP contribution in [0.3, 0.4) is 0 Å². The number of halogens is 8. The second-order valence-corrected chi connectivity index (χ2v) is 3.84. The molecule has 1 aromatic carbocycles. The van der Waals surface area contributed by atoms with E-state index in [1.165, 1.54) is 12.1 Å². The van der Waals surface area contributed by atoms with Gasteiger partial charge >= 0.3 is 18.0 Å². The monoisotopic (exact) mass is 304 g/mol. The molecule has 0 aliphatic heterocycles. The molecule has 0 N–H and O–H groups in total. The summed E-state index contributed by atoms with van der Waals surface area (Å²) >= 11 is 5.47. The first-order chi connectivity index (χ1) is 8.47. The Balaban J connectivity index is 3.07. The zero-order chi connectivity index (χ0) is 14.9. The quantitative estimate of drug-likeness (QED) is 0.528. The number of hydrogen-bond donors (Lipinski definition) is 0. The second-order valence-electron chi connectivity index (χ2n) is 3.40. The van der Waals surface area contributed by atoms with Crippen molar-refractivity contribution in [2.45, 2.75) is 18.0 Å². The maximum Gasteiger partial charge on any atom is 0.461 e. The summed E-state index contributed by atoms with van der Waals surface area (Å²) in [5, 5.41) is 0.234. The highest BCUT2D eigenvalue weighted by Gasteiger charge is 2.72. The molecule has 0 bridgehead atoms. The first kappa shape index (κ1) is 15.6. The highest BCUT2D eigenvalue weighted by molar-refractivity contribution is 6.30. The van der Waals surface area contributed by atoms with Gasteiger partial charge in [-0.05, 0) is 30.2 Å². The lowest BCUT2D eigenvalue weighted by atomic mass is 10.1. The van der Waals surface area contributed by atoms with Crippen LogP contribution in [-0.2, 0) is 0 Å². The smallest absolute Gasteiger partial charge is 0.188 e. The first-order valence-corrected chi connectivity index (χ1v) is 4.96. The van der Waals surface area contributed by atoms with Gasteiger partial charge in [-0.3, -0.25) is 0 Å². The highest BCUT2D eigenvalue weighted by Crippen LogP contribution is 2.46. The fourth-order valence-electron chi connectivity index (χ4n) is 0.940. The van der Waals surface area contributed by atoms with Crippen molar-refractivity contribution in [1.29, 1.82) is 0 Å². The molecule has 19 heavy (non-hydrogen) atoms. The van der Waals surface area contributed by atoms with Crippen molar-refractivity contribution in [2.24, 2.45) is 0 Å². The molecule has 0 radical (unpaired) electrons. The minimum absolute atomic E-state index is 0.165. The number of rotatable bonds is 1. The van der Waals surface area contributed by atoms with Gasteiger partial charge in [-0.2, -0.15) is 30.7 Å². The molecule has 0 nitrogen and oxygen atoms in total. The molecule has 0 aromatic heterocycles. The van der Waals surface area contributed by atoms with Gasteiger partial charge < -0.3 is 0 Å². The molecule has 0 aliphatic carbocycles. The third-order valence-corrected chi connectivity index (χ3v) is 2.21. The van der Waals surface area contributed by atoms with Gasteiger partial charge in [-0.25, -0.2) is 0 Å². The van der Waals surface area contributed by atoms with Crippen molar-refractivity contribution in [1.82, 2.24) is 0 Å². The molecule has 0 spiro atoms. The Morgan fingerprint density at radius 2 is 1.32 bits per heavy atom. The third-order valence-electron chi connectivity index (χ3n) is 1.96. The fourth-order valence-corrected chi connectivity index (χ4v) is 1.07. The van der Waals surface area contributed by atoms with Crippen LogP contribution in [-0.4, -0.2) is 18.0 Å². The Hall–Kier alpha value is -1.42. The SMILES string of the molecule is FC(F)(F)C(F)(F)C(F)(F)C#Cc1ccc(Cl)cc1. The molecular weight excluding hydrogens is 301 g/mol. The Kier molecular flexibility index (Phi) is 4.06. The van der Waals surface area contributed by atoms with E-state index < -0.39 is 18.0 Å². The van der Waals surface area contributed by atoms with Crippen LogP contribution >= 0.6 is 11.6 Å². The predicted octanol–water partition coefficient (Wildman–Crippen LogP) is 4.52. The fraction of sp³-hybridized carbons (Fsp3) is 0.273. The largest absolute Gasteiger partial charge is 0.461 e. The third kappa shape index (κ3) is 3.32. The maximum atomic E-state index is 12.8. The van der Waals surface area contributed by atoms with E-state index in [4.69, 9.17) is 11.6 Å². The molecule has 0 heterocycles. The summed E-state index contributed by atoms with van der Waals surface area (Å²) in [6.45, 7) is 0. The van der Waals surface area contributed by atoms with Crippen molar-refractivity contribution in [2.75, 3.05) is 0 Å². The normalized spacial score (nSPS) is 12.8. The van der Waals surface area contributed by atoms with Gasteiger partial charge in [-0.15, -0.1) is 0 Å². The van der Waals surface area contributed by atoms with Crippen LogP contribution in [0, 0.1) is 11.8 Å². The van der Waals surface area contributed by atoms with Gasteiger partial charge in [0.05, 0.1) is 0 Å². The molecule has 0 unspecified atom stereocenters. The number of benzene rings is 1. The molecule has 0 saturated heterocycles. The summed E-state index contributed by atoms with van der Waals surface area (Å²) in [6.07, 6.45) is -6.38. The molecule has 0 atom stereocenters. The van der Waals surface area contributed by atoms with Crippen molar-refractivity contribution < 1.29 is 30.7 Å². The average Bonchev–Trinajstić information content (AvgIpc) is 2.26. The van der Waals surface area contributed by atoms with Crippen LogP contribution in [0.2, 0.25) is 5.02 Å². The summed E-state index contributed by atoms with van der Waals surface area (Å²) in [5.41, 5.74) is -0.165. The summed E-state index contributed by atoms with van der Waals surface area (Å²) in [5.74, 6) is -9.55. The zero-order valence-corrected chi connectivity index (χ0v) is 9.59. The van der Waals surface area contributed by atoms with Crippen LogP contribution in [0.5, 0.6) is 0 Å². The van der Waals surface area contributed by atoms with E-state index in [0.717, 1.165) is 12.1 Å². The lowest BCUT2D eigenvalue weighted by Crippen LogP contribution is -2.51. The average molecular weight is 305 g/mol. The van der Waals surface area contributed by atoms with Crippen molar-refractivity contribution in [3.05, 3.63) is 34.9 Å². The van der Waals surface area contributed by atoms with Gasteiger partial charge in [0.15, 0.2) is 0 Å². The van der Waals surface area contributed by atoms with Crippen LogP contribution in [0.4, 0.5) is 30.7 Å². The molecule has 0 saturated carbocycles. The zero-order valence-electron chi connectivity index (χ0n) is 8.83. The number of alkyl halides is 7. The van der Waals surface area contributed by atoms with Crippen LogP contribution in [0.25, 0.3) is 0 Å². The highest BCUT2D eigenvalue weighted by atomic mass is 35.5. The Bertz CT molecular complexity index is 505. The topological polar surface area (TPSA) is 0 Å². The minimum atomic E-state index is -6.38. The Morgan fingerprint density at radius 3 is 1.74 bits per heavy atom. The summed E-state index contributed by atoms with van der Waals surface area (Å²) in [7, 11) is 0. The van der Waals surface area contributed by atoms with E-state index >= 15 is 0 Å². The molecule has 1 aromatic rings. The molecule has 0 amide bonds. The van der Waals surface area contributed by atoms with E-state index in [1.54, 1.807) is 5.92 Å². The summed E-state index contributed by atoms with van der Waals surface area (Å²) < 4.78 is 85.9. The predicted molar refractivity (Wildman–Crippen MR) is 54.3 cm³/mol. The van der Waals surface area contributed by atoms with Crippen LogP contribution < -0.4 is 0 Å². The summed E-state index contributed by atoms with van der Waals surface area (Å²) in [6, 6.07) is 4.67. The molecule has 104 valence electrons. The summed E-state index contributed by atoms with van der Waals surface area (Å²) in [4.78, 5) is 0. The van der Waals surface area contributed by atoms with E-state index in [-0.39, 0.29) is 10.6 Å². The first-order valence-electron chi connectivity index (χ1n) is 4.58. The molecule has 8 heteroatoms. The van der Waals surface area contributed by atoms with Crippen LogP contribution in [0.1, 0.15) is 5.56 Å². The minimum Gasteiger partial charge on any atom is -0.188 e. The Labute approximate surface area is 108 Å². The van der Waals surface area contributed by atoms with Crippen molar-refractivity contribution in [3.63, 3.8) is 0 Å². The lowest BCUT2D eigenvalue weighted by molar-refractivity contribution is -0.339. The van der Waals surface area contributed by atoms with E-state index in [9.17, 15) is 30.7 Å². The van der Waals surface area contributed by atoms with Crippen molar-refractivity contribution >= 4 is 11.6 Å². The standard InChI is InChI=1S/C11H4ClF7/c12-8-3-1-7(2-4-8)5-6-9(13,14)10(15,16)11(17,18)19/h1-4H. The van der Waals surface area contributed by atoms with E-state index in [2.05, 4.69) is 0 Å². The maximum absolute atomic E-state index is 12.8. The van der Waals surface area contributed by atoms with E-state index in [1.807, 2.05) is 0 Å². The van der Waals surface area contributed by atoms with Crippen molar-refractivity contribution in [3.8, 4) is 11.8 Å². The molecular formula is C11H4ClF7. The Morgan fingerprint density at radius 1 is 0.842 bits per heavy atom. The van der Waals surface area contributed by atoms with Gasteiger partial charge in [0.25, 0.3) is 0 Å². The molecule has 1 rings (SSSR count). The van der Waals surface area contributed by atoms with Gasteiger partial charge in [0, 0.05) is 10.6 Å². The van der Waals surface area contributed by atoms with Gasteiger partial charge in [0.1, 0.15) is 0 Å². The second kappa shape index (κ2) is 4.93. The van der Waals surface area contributed by atoms with E-state index in [0.29, 0.717) is 5.92 Å². The van der Waals surface area contributed by atoms with Gasteiger partial charge in [0.2, 0.25) is 0 Å². The van der Waals surface area contributed by atoms with Crippen LogP contribution in [0.15, 0.2) is 24.3 Å². The molecule has 0 aliphatic rings. The number of hydrogen-bond acceptors (Lipinski definition) is 0.